The monoisotopic (exact) mass is 690 g/mol. The summed E-state index contributed by atoms with van der Waals surface area (Å²) in [4.78, 5) is 39.3. The molecule has 2 amide bonds. The first-order valence-corrected chi connectivity index (χ1v) is 16.9. The number of fused-ring (bicyclic) bond motifs is 1. The molecule has 1 aliphatic heterocycles. The summed E-state index contributed by atoms with van der Waals surface area (Å²) in [6.07, 6.45) is 0.552. The van der Waals surface area contributed by atoms with Gasteiger partial charge in [0.15, 0.2) is 11.5 Å². The predicted molar refractivity (Wildman–Crippen MR) is 195 cm³/mol. The number of carbonyl (C=O) groups is 2. The minimum atomic E-state index is -0.517. The molecule has 4 aromatic carbocycles. The third kappa shape index (κ3) is 8.77. The number of nitrogens with zero attached hydrogens (tertiary/aromatic N) is 4. The summed E-state index contributed by atoms with van der Waals surface area (Å²) in [5.41, 5.74) is 10.1. The highest BCUT2D eigenvalue weighted by molar-refractivity contribution is 5.92. The Hall–Kier alpha value is -6.04. The highest BCUT2D eigenvalue weighted by Gasteiger charge is 2.33. The van der Waals surface area contributed by atoms with Gasteiger partial charge in [-0.05, 0) is 41.3 Å². The Morgan fingerprint density at radius 3 is 2.33 bits per heavy atom. The molecule has 2 heterocycles. The number of aromatic nitrogens is 2. The van der Waals surface area contributed by atoms with E-state index >= 15 is 0 Å². The molecular weight excluding hydrogens is 648 g/mol. The molecule has 1 saturated heterocycles. The lowest BCUT2D eigenvalue weighted by Crippen LogP contribution is -2.51. The fourth-order valence-electron chi connectivity index (χ4n) is 6.09. The van der Waals surface area contributed by atoms with Crippen molar-refractivity contribution in [1.82, 2.24) is 20.2 Å². The van der Waals surface area contributed by atoms with Crippen LogP contribution in [-0.2, 0) is 22.6 Å². The van der Waals surface area contributed by atoms with Gasteiger partial charge in [-0.15, -0.1) is 0 Å². The van der Waals surface area contributed by atoms with Crippen molar-refractivity contribution in [3.8, 4) is 17.2 Å². The van der Waals surface area contributed by atoms with Crippen molar-refractivity contribution >= 4 is 34.7 Å². The van der Waals surface area contributed by atoms with E-state index in [2.05, 4.69) is 10.2 Å². The Morgan fingerprint density at radius 1 is 0.863 bits per heavy atom. The largest absolute Gasteiger partial charge is 0.493 e. The lowest BCUT2D eigenvalue weighted by molar-refractivity contribution is -0.132. The maximum atomic E-state index is 13.5. The molecule has 1 aromatic heterocycles. The number of benzene rings is 4. The Balaban J connectivity index is 1.18. The number of rotatable bonds is 13. The summed E-state index contributed by atoms with van der Waals surface area (Å²) in [5.74, 6) is 2.51. The smallest absolute Gasteiger partial charge is 0.407 e. The Bertz CT molecular complexity index is 1940. The van der Waals surface area contributed by atoms with Crippen molar-refractivity contribution in [3.05, 3.63) is 114 Å². The molecule has 0 radical (unpaired) electrons. The van der Waals surface area contributed by atoms with E-state index in [1.165, 1.54) is 0 Å². The fraction of sp³-hybridized carbons (Fsp3) is 0.282. The van der Waals surface area contributed by atoms with Crippen molar-refractivity contribution in [2.75, 3.05) is 57.6 Å². The zero-order chi connectivity index (χ0) is 35.6. The van der Waals surface area contributed by atoms with Gasteiger partial charge in [-0.3, -0.25) is 4.79 Å². The van der Waals surface area contributed by atoms with Gasteiger partial charge in [0, 0.05) is 37.5 Å². The third-order valence-electron chi connectivity index (χ3n) is 8.77. The SMILES string of the molecule is COc1cc2nc(N3CCN(C(=O)CCc4ccccc4)CC3c3cccc(OCCNC(=O)OCc4ccccc4)c3)nc(N)c2cc1OC. The van der Waals surface area contributed by atoms with E-state index in [0.29, 0.717) is 72.4 Å². The molecule has 6 rings (SSSR count). The number of nitrogens with one attached hydrogen (secondary N) is 1. The first-order valence-electron chi connectivity index (χ1n) is 16.9. The normalized spacial score (nSPS) is 14.2. The topological polar surface area (TPSA) is 141 Å². The average Bonchev–Trinajstić information content (AvgIpc) is 3.18. The Labute approximate surface area is 297 Å². The molecule has 0 bridgehead atoms. The quantitative estimate of drug-likeness (QED) is 0.151. The molecule has 1 unspecified atom stereocenters. The van der Waals surface area contributed by atoms with Gasteiger partial charge >= 0.3 is 6.09 Å². The molecule has 264 valence electrons. The predicted octanol–water partition coefficient (Wildman–Crippen LogP) is 5.56. The molecule has 5 aromatic rings. The maximum absolute atomic E-state index is 13.5. The van der Waals surface area contributed by atoms with Gasteiger partial charge < -0.3 is 39.8 Å². The number of anilines is 2. The number of nitrogen functional groups attached to an aromatic ring is 1. The molecule has 1 atom stereocenters. The van der Waals surface area contributed by atoms with Crippen molar-refractivity contribution in [1.29, 1.82) is 0 Å². The number of nitrogens with two attached hydrogens (primary N) is 1. The number of alkyl carbamates (subject to hydrolysis) is 1. The molecule has 12 heteroatoms. The third-order valence-corrected chi connectivity index (χ3v) is 8.77. The summed E-state index contributed by atoms with van der Waals surface area (Å²) in [7, 11) is 3.14. The van der Waals surface area contributed by atoms with E-state index in [4.69, 9.17) is 34.6 Å². The van der Waals surface area contributed by atoms with Crippen LogP contribution >= 0.6 is 0 Å². The molecule has 3 N–H and O–H groups in total. The Morgan fingerprint density at radius 2 is 1.59 bits per heavy atom. The van der Waals surface area contributed by atoms with Crippen molar-refractivity contribution in [3.63, 3.8) is 0 Å². The number of amides is 2. The number of methoxy groups -OCH3 is 2. The van der Waals surface area contributed by atoms with E-state index in [-0.39, 0.29) is 31.7 Å². The number of aryl methyl sites for hydroxylation is 1. The van der Waals surface area contributed by atoms with Crippen LogP contribution in [0.5, 0.6) is 17.2 Å². The summed E-state index contributed by atoms with van der Waals surface area (Å²) in [5, 5.41) is 3.37. The van der Waals surface area contributed by atoms with Gasteiger partial charge in [0.25, 0.3) is 0 Å². The first kappa shape index (κ1) is 34.8. The molecule has 0 spiro atoms. The molecule has 1 fully saturated rings. The van der Waals surface area contributed by atoms with Crippen LogP contribution in [0.15, 0.2) is 97.1 Å². The highest BCUT2D eigenvalue weighted by Crippen LogP contribution is 2.36. The van der Waals surface area contributed by atoms with E-state index in [1.54, 1.807) is 26.4 Å². The van der Waals surface area contributed by atoms with Crippen LogP contribution in [0.25, 0.3) is 10.9 Å². The van der Waals surface area contributed by atoms with Crippen LogP contribution in [0, 0.1) is 0 Å². The van der Waals surface area contributed by atoms with Gasteiger partial charge in [-0.2, -0.15) is 4.98 Å². The van der Waals surface area contributed by atoms with Crippen LogP contribution in [0.4, 0.5) is 16.6 Å². The van der Waals surface area contributed by atoms with Crippen LogP contribution in [0.3, 0.4) is 0 Å². The van der Waals surface area contributed by atoms with E-state index < -0.39 is 6.09 Å². The zero-order valence-electron chi connectivity index (χ0n) is 28.8. The van der Waals surface area contributed by atoms with Crippen molar-refractivity contribution in [2.24, 2.45) is 0 Å². The van der Waals surface area contributed by atoms with Crippen molar-refractivity contribution in [2.45, 2.75) is 25.5 Å². The maximum Gasteiger partial charge on any atom is 0.407 e. The Kier molecular flexibility index (Phi) is 11.3. The van der Waals surface area contributed by atoms with Gasteiger partial charge in [-0.25, -0.2) is 9.78 Å². The molecule has 12 nitrogen and oxygen atoms in total. The van der Waals surface area contributed by atoms with E-state index in [0.717, 1.165) is 16.7 Å². The van der Waals surface area contributed by atoms with E-state index in [9.17, 15) is 9.59 Å². The number of hydrogen-bond acceptors (Lipinski definition) is 10. The van der Waals surface area contributed by atoms with Crippen LogP contribution in [0.1, 0.15) is 29.2 Å². The zero-order valence-corrected chi connectivity index (χ0v) is 28.8. The molecule has 0 saturated carbocycles. The summed E-state index contributed by atoms with van der Waals surface area (Å²) >= 11 is 0. The summed E-state index contributed by atoms with van der Waals surface area (Å²) in [6, 6.07) is 30.5. The summed E-state index contributed by atoms with van der Waals surface area (Å²) in [6.45, 7) is 2.08. The number of piperazine rings is 1. The number of hydrogen-bond donors (Lipinski definition) is 2. The molecule has 0 aliphatic carbocycles. The second-order valence-electron chi connectivity index (χ2n) is 12.1. The van der Waals surface area contributed by atoms with Crippen LogP contribution in [-0.4, -0.2) is 73.9 Å². The van der Waals surface area contributed by atoms with Crippen molar-refractivity contribution < 1.29 is 28.5 Å². The lowest BCUT2D eigenvalue weighted by Gasteiger charge is -2.42. The van der Waals surface area contributed by atoms with E-state index in [1.807, 2.05) is 89.8 Å². The summed E-state index contributed by atoms with van der Waals surface area (Å²) < 4.78 is 22.3. The average molecular weight is 691 g/mol. The van der Waals surface area contributed by atoms with Crippen LogP contribution < -0.4 is 30.2 Å². The highest BCUT2D eigenvalue weighted by atomic mass is 16.5. The molecule has 1 aliphatic rings. The number of ether oxygens (including phenoxy) is 4. The van der Waals surface area contributed by atoms with Crippen LogP contribution in [0.2, 0.25) is 0 Å². The fourth-order valence-corrected chi connectivity index (χ4v) is 6.09. The molecular formula is C39H42N6O6. The first-order chi connectivity index (χ1) is 24.9. The second kappa shape index (κ2) is 16.6. The lowest BCUT2D eigenvalue weighted by atomic mass is 10.0. The van der Waals surface area contributed by atoms with Gasteiger partial charge in [0.1, 0.15) is 24.8 Å². The minimum absolute atomic E-state index is 0.0805. The van der Waals surface area contributed by atoms with Gasteiger partial charge in [-0.1, -0.05) is 72.8 Å². The minimum Gasteiger partial charge on any atom is -0.493 e. The number of carbonyl (C=O) groups excluding carboxylic acids is 2. The van der Waals surface area contributed by atoms with Gasteiger partial charge in [0.2, 0.25) is 11.9 Å². The standard InChI is InChI=1S/C39H42N6O6/c1-48-34-23-31-32(24-35(34)49-2)42-38(43-37(31)40)45-20-19-44(36(46)17-16-27-10-5-3-6-11-27)25-33(45)29-14-9-15-30(22-29)50-21-18-41-39(47)51-26-28-12-7-4-8-13-28/h3-15,22-24,33H,16-21,25-26H2,1-2H3,(H,41,47)(H2,40,42,43). The molecule has 51 heavy (non-hydrogen) atoms. The van der Waals surface area contributed by atoms with Gasteiger partial charge in [0.05, 0.1) is 32.3 Å². The second-order valence-corrected chi connectivity index (χ2v) is 12.1.